The molecule has 1 aliphatic heterocycles. The minimum absolute atomic E-state index is 0. The third-order valence-electron chi connectivity index (χ3n) is 8.12. The SMILES string of the molecule is CC(C)(C)C(=O)/C=C(\O)C(C)(C)C.Cc1cc2c(ccc3c4ccnc5c4c(cc23)Sc2cc3ccccc3[c-]c2-5)c(C)n1.[Ir]. The number of rotatable bonds is 1. The van der Waals surface area contributed by atoms with Gasteiger partial charge < -0.3 is 5.11 Å². The fraction of sp³-hybridized carbons (Fsp3) is 0.256. The molecule has 1 aliphatic rings. The largest absolute Gasteiger partial charge is 0.512 e. The van der Waals surface area contributed by atoms with Gasteiger partial charge in [0.05, 0.1) is 0 Å². The van der Waals surface area contributed by atoms with E-state index in [0.717, 1.165) is 28.0 Å². The van der Waals surface area contributed by atoms with Crippen LogP contribution in [0.2, 0.25) is 0 Å². The van der Waals surface area contributed by atoms with Crippen LogP contribution in [0.1, 0.15) is 52.9 Å². The Morgan fingerprint density at radius 1 is 0.822 bits per heavy atom. The molecule has 4 aromatic carbocycles. The zero-order valence-electron chi connectivity index (χ0n) is 26.9. The van der Waals surface area contributed by atoms with E-state index in [-0.39, 0.29) is 37.1 Å². The van der Waals surface area contributed by atoms with E-state index in [9.17, 15) is 9.90 Å². The van der Waals surface area contributed by atoms with Gasteiger partial charge in [-0.3, -0.25) is 14.8 Å². The number of aliphatic hydroxyl groups is 1. The van der Waals surface area contributed by atoms with Crippen molar-refractivity contribution in [1.82, 2.24) is 9.97 Å². The second-order valence-corrected chi connectivity index (χ2v) is 14.7. The monoisotopic (exact) mass is 790 g/mol. The van der Waals surface area contributed by atoms with Crippen molar-refractivity contribution in [3.63, 3.8) is 0 Å². The number of nitrogens with zero attached hydrogens (tertiary/aromatic N) is 2. The number of aliphatic hydroxyl groups excluding tert-OH is 1. The van der Waals surface area contributed by atoms with Crippen LogP contribution in [0.4, 0.5) is 0 Å². The summed E-state index contributed by atoms with van der Waals surface area (Å²) in [5.41, 5.74) is 3.52. The van der Waals surface area contributed by atoms with Crippen molar-refractivity contribution in [2.75, 3.05) is 0 Å². The van der Waals surface area contributed by atoms with Crippen molar-refractivity contribution in [3.8, 4) is 11.3 Å². The number of hydrogen-bond donors (Lipinski definition) is 1. The minimum Gasteiger partial charge on any atom is -0.512 e. The van der Waals surface area contributed by atoms with Crippen LogP contribution in [0.25, 0.3) is 54.3 Å². The van der Waals surface area contributed by atoms with Gasteiger partial charge in [-0.1, -0.05) is 82.8 Å². The molecule has 0 atom stereocenters. The maximum Gasteiger partial charge on any atom is 0.164 e. The first-order valence-electron chi connectivity index (χ1n) is 14.9. The number of aromatic nitrogens is 2. The zero-order chi connectivity index (χ0) is 31.6. The quantitative estimate of drug-likeness (QED) is 0.0777. The van der Waals surface area contributed by atoms with Crippen LogP contribution < -0.4 is 0 Å². The molecule has 0 saturated carbocycles. The topological polar surface area (TPSA) is 63.1 Å². The van der Waals surface area contributed by atoms with Gasteiger partial charge in [0.15, 0.2) is 5.78 Å². The van der Waals surface area contributed by atoms with Gasteiger partial charge in [-0.05, 0) is 63.9 Å². The van der Waals surface area contributed by atoms with Crippen LogP contribution >= 0.6 is 11.8 Å². The van der Waals surface area contributed by atoms with E-state index in [1.807, 2.05) is 59.5 Å². The van der Waals surface area contributed by atoms with Gasteiger partial charge in [-0.15, -0.1) is 35.3 Å². The van der Waals surface area contributed by atoms with Crippen molar-refractivity contribution in [1.29, 1.82) is 0 Å². The fourth-order valence-electron chi connectivity index (χ4n) is 5.55. The average molecular weight is 790 g/mol. The number of allylic oxidation sites excluding steroid dienone is 2. The Bertz CT molecular complexity index is 2170. The summed E-state index contributed by atoms with van der Waals surface area (Å²) < 4.78 is 0. The number of benzene rings is 4. The molecule has 0 fully saturated rings. The predicted octanol–water partition coefficient (Wildman–Crippen LogP) is 10.7. The number of carbonyl (C=O) groups excluding carboxylic acids is 1. The number of ketones is 1. The number of hydrogen-bond acceptors (Lipinski definition) is 5. The Morgan fingerprint density at radius 2 is 1.51 bits per heavy atom. The molecule has 6 aromatic rings. The molecule has 0 unspecified atom stereocenters. The molecule has 3 heterocycles. The molecular weight excluding hydrogens is 753 g/mol. The van der Waals surface area contributed by atoms with Gasteiger partial charge in [0.25, 0.3) is 0 Å². The Kier molecular flexibility index (Phi) is 8.74. The number of fused-ring (bicyclic) bond motifs is 7. The van der Waals surface area contributed by atoms with Crippen LogP contribution in [0.3, 0.4) is 0 Å². The molecule has 2 aromatic heterocycles. The predicted molar refractivity (Wildman–Crippen MR) is 185 cm³/mol. The first-order chi connectivity index (χ1) is 20.7. The summed E-state index contributed by atoms with van der Waals surface area (Å²) in [6, 6.07) is 25.5. The smallest absolute Gasteiger partial charge is 0.164 e. The van der Waals surface area contributed by atoms with E-state index in [2.05, 4.69) is 85.6 Å². The standard InChI is InChI=1S/C28H17N2S.C11H20O2.Ir/c1-15-11-22-19(16(2)30-15)7-8-20-21-9-10-29-28-24-12-17-5-3-4-6-18(17)13-25(24)31-26(27(21)28)14-23(20)22;1-10(2,3)8(12)7-9(13)11(4,5)6;/h3-11,13-14H,1-2H3;7,12H,1-6H3;/q-1;;/b;8-7-;. The number of aryl methyl sites for hydroxylation is 2. The summed E-state index contributed by atoms with van der Waals surface area (Å²) in [6.45, 7) is 15.3. The second kappa shape index (κ2) is 12.0. The summed E-state index contributed by atoms with van der Waals surface area (Å²) in [7, 11) is 0. The molecular formula is C39H37IrN2O2S-. The fourth-order valence-corrected chi connectivity index (χ4v) is 6.71. The van der Waals surface area contributed by atoms with E-state index in [4.69, 9.17) is 4.98 Å². The Balaban J connectivity index is 0.000000246. The third kappa shape index (κ3) is 6.16. The number of carbonyl (C=O) groups is 1. The van der Waals surface area contributed by atoms with Crippen LogP contribution in [-0.2, 0) is 24.9 Å². The van der Waals surface area contributed by atoms with Gasteiger partial charge in [0.1, 0.15) is 5.76 Å². The summed E-state index contributed by atoms with van der Waals surface area (Å²) >= 11 is 1.83. The van der Waals surface area contributed by atoms with Crippen molar-refractivity contribution >= 4 is 60.6 Å². The molecule has 6 heteroatoms. The first-order valence-corrected chi connectivity index (χ1v) is 15.8. The van der Waals surface area contributed by atoms with Crippen molar-refractivity contribution < 1.29 is 30.0 Å². The maximum absolute atomic E-state index is 11.5. The zero-order valence-corrected chi connectivity index (χ0v) is 30.1. The molecule has 7 rings (SSSR count). The number of pyridine rings is 2. The van der Waals surface area contributed by atoms with E-state index < -0.39 is 5.41 Å². The molecule has 1 N–H and O–H groups in total. The Labute approximate surface area is 282 Å². The van der Waals surface area contributed by atoms with Crippen molar-refractivity contribution in [3.05, 3.63) is 96.1 Å². The molecule has 0 saturated heterocycles. The van der Waals surface area contributed by atoms with Gasteiger partial charge in [-0.2, -0.15) is 0 Å². The molecule has 1 radical (unpaired) electrons. The van der Waals surface area contributed by atoms with E-state index in [1.54, 1.807) is 0 Å². The summed E-state index contributed by atoms with van der Waals surface area (Å²) in [4.78, 5) is 23.5. The van der Waals surface area contributed by atoms with E-state index in [0.29, 0.717) is 0 Å². The van der Waals surface area contributed by atoms with Gasteiger partial charge in [-0.25, -0.2) is 0 Å². The molecule has 0 amide bonds. The molecule has 0 bridgehead atoms. The van der Waals surface area contributed by atoms with E-state index >= 15 is 0 Å². The van der Waals surface area contributed by atoms with Gasteiger partial charge >= 0.3 is 0 Å². The molecule has 45 heavy (non-hydrogen) atoms. The summed E-state index contributed by atoms with van der Waals surface area (Å²) in [6.07, 6.45) is 3.27. The second-order valence-electron chi connectivity index (χ2n) is 13.7. The minimum atomic E-state index is -0.417. The van der Waals surface area contributed by atoms with Crippen LogP contribution in [-0.4, -0.2) is 20.9 Å². The summed E-state index contributed by atoms with van der Waals surface area (Å²) in [5.74, 6) is 0.104. The van der Waals surface area contributed by atoms with Gasteiger partial charge in [0, 0.05) is 70.6 Å². The average Bonchev–Trinajstić information content (AvgIpc) is 2.95. The van der Waals surface area contributed by atoms with Crippen LogP contribution in [0.15, 0.2) is 88.5 Å². The molecule has 0 aliphatic carbocycles. The first kappa shape index (κ1) is 32.8. The molecule has 0 spiro atoms. The third-order valence-corrected chi connectivity index (χ3v) is 9.21. The van der Waals surface area contributed by atoms with Crippen molar-refractivity contribution in [2.45, 2.75) is 65.2 Å². The van der Waals surface area contributed by atoms with Crippen LogP contribution in [0, 0.1) is 30.7 Å². The summed E-state index contributed by atoms with van der Waals surface area (Å²) in [5, 5.41) is 19.4. The Morgan fingerprint density at radius 3 is 2.22 bits per heavy atom. The Hall–Kier alpha value is -3.57. The van der Waals surface area contributed by atoms with E-state index in [1.165, 1.54) is 53.6 Å². The van der Waals surface area contributed by atoms with Gasteiger partial charge in [0.2, 0.25) is 0 Å². The maximum atomic E-state index is 11.5. The van der Waals surface area contributed by atoms with Crippen molar-refractivity contribution in [2.24, 2.45) is 10.8 Å². The molecule has 4 nitrogen and oxygen atoms in total. The molecule has 231 valence electrons. The normalized spacial score (nSPS) is 12.9. The van der Waals surface area contributed by atoms with Crippen LogP contribution in [0.5, 0.6) is 0 Å².